The molecule has 2 aromatic rings. The molecule has 106 valence electrons. The van der Waals surface area contributed by atoms with Gasteiger partial charge in [-0.2, -0.15) is 0 Å². The number of halogens is 2. The molecule has 0 saturated heterocycles. The molecule has 0 unspecified atom stereocenters. The van der Waals surface area contributed by atoms with Gasteiger partial charge in [0, 0.05) is 24.7 Å². The van der Waals surface area contributed by atoms with Gasteiger partial charge >= 0.3 is 0 Å². The third-order valence-electron chi connectivity index (χ3n) is 3.61. The van der Waals surface area contributed by atoms with Gasteiger partial charge in [0.05, 0.1) is 12.7 Å². The number of hydrogen-bond acceptors (Lipinski definition) is 2. The van der Waals surface area contributed by atoms with E-state index in [-0.39, 0.29) is 16.7 Å². The molecule has 0 spiro atoms. The third-order valence-corrected chi connectivity index (χ3v) is 3.99. The molecule has 0 N–H and O–H groups in total. The van der Waals surface area contributed by atoms with Crippen molar-refractivity contribution in [1.82, 2.24) is 9.36 Å². The van der Waals surface area contributed by atoms with Gasteiger partial charge in [-0.25, -0.2) is 9.07 Å². The van der Waals surface area contributed by atoms with Crippen molar-refractivity contribution in [2.24, 2.45) is 0 Å². The van der Waals surface area contributed by atoms with E-state index in [0.29, 0.717) is 24.0 Å². The molecule has 0 amide bonds. The van der Waals surface area contributed by atoms with E-state index in [0.717, 1.165) is 12.8 Å². The summed E-state index contributed by atoms with van der Waals surface area (Å²) < 4.78 is 22.4. The van der Waals surface area contributed by atoms with Gasteiger partial charge in [-0.05, 0) is 25.0 Å². The minimum Gasteiger partial charge on any atom is -0.497 e. The lowest BCUT2D eigenvalue weighted by Gasteiger charge is -2.17. The second kappa shape index (κ2) is 4.98. The zero-order valence-electron chi connectivity index (χ0n) is 11.0. The molecule has 4 nitrogen and oxygen atoms in total. The number of rotatable bonds is 2. The summed E-state index contributed by atoms with van der Waals surface area (Å²) in [6.45, 7) is 1.31. The number of nitrogens with zero attached hydrogens (tertiary/aromatic N) is 2. The van der Waals surface area contributed by atoms with Crippen LogP contribution in [-0.4, -0.2) is 16.5 Å². The van der Waals surface area contributed by atoms with Crippen LogP contribution in [0.4, 0.5) is 4.39 Å². The number of methoxy groups -OCH3 is 1. The fraction of sp³-hybridized carbons (Fsp3) is 0.357. The molecular weight excluding hydrogens is 283 g/mol. The fourth-order valence-electron chi connectivity index (χ4n) is 2.58. The van der Waals surface area contributed by atoms with Crippen LogP contribution in [0.15, 0.2) is 23.0 Å². The SMILES string of the molecule is COc1ccc(-c2c(Cl)n3n(c2=O)CCCC3)c(F)c1. The largest absolute Gasteiger partial charge is 0.497 e. The van der Waals surface area contributed by atoms with E-state index in [1.54, 1.807) is 15.4 Å². The Kier molecular flexibility index (Phi) is 3.30. The average molecular weight is 297 g/mol. The molecule has 1 aromatic heterocycles. The highest BCUT2D eigenvalue weighted by Gasteiger charge is 2.23. The summed E-state index contributed by atoms with van der Waals surface area (Å²) in [6, 6.07) is 4.41. The van der Waals surface area contributed by atoms with E-state index in [2.05, 4.69) is 0 Å². The molecule has 6 heteroatoms. The Balaban J connectivity index is 2.20. The lowest BCUT2D eigenvalue weighted by Crippen LogP contribution is -2.27. The van der Waals surface area contributed by atoms with Crippen molar-refractivity contribution in [1.29, 1.82) is 0 Å². The normalized spacial score (nSPS) is 14.2. The highest BCUT2D eigenvalue weighted by Crippen LogP contribution is 2.31. The van der Waals surface area contributed by atoms with Crippen LogP contribution in [0.5, 0.6) is 5.75 Å². The maximum Gasteiger partial charge on any atom is 0.276 e. The first-order valence-corrected chi connectivity index (χ1v) is 6.84. The Morgan fingerprint density at radius 1 is 1.25 bits per heavy atom. The van der Waals surface area contributed by atoms with Gasteiger partial charge in [-0.1, -0.05) is 11.6 Å². The first-order valence-electron chi connectivity index (χ1n) is 6.46. The van der Waals surface area contributed by atoms with Crippen LogP contribution in [0.1, 0.15) is 12.8 Å². The van der Waals surface area contributed by atoms with Crippen molar-refractivity contribution >= 4 is 11.6 Å². The summed E-state index contributed by atoms with van der Waals surface area (Å²) in [5, 5.41) is 0.304. The van der Waals surface area contributed by atoms with Gasteiger partial charge in [0.15, 0.2) is 0 Å². The van der Waals surface area contributed by atoms with Crippen LogP contribution < -0.4 is 10.3 Å². The van der Waals surface area contributed by atoms with E-state index < -0.39 is 5.82 Å². The number of ether oxygens (including phenoxy) is 1. The maximum absolute atomic E-state index is 14.2. The summed E-state index contributed by atoms with van der Waals surface area (Å²) >= 11 is 6.27. The topological polar surface area (TPSA) is 36.2 Å². The summed E-state index contributed by atoms with van der Waals surface area (Å²) in [4.78, 5) is 12.4. The van der Waals surface area contributed by atoms with E-state index in [9.17, 15) is 9.18 Å². The van der Waals surface area contributed by atoms with Crippen LogP contribution in [0.2, 0.25) is 5.15 Å². The second-order valence-corrected chi connectivity index (χ2v) is 5.13. The van der Waals surface area contributed by atoms with Crippen molar-refractivity contribution in [3.63, 3.8) is 0 Å². The van der Waals surface area contributed by atoms with Gasteiger partial charge in [-0.3, -0.25) is 9.48 Å². The maximum atomic E-state index is 14.2. The third kappa shape index (κ3) is 1.93. The molecule has 0 saturated carbocycles. The summed E-state index contributed by atoms with van der Waals surface area (Å²) in [5.74, 6) is -0.0988. The second-order valence-electron chi connectivity index (χ2n) is 4.77. The summed E-state index contributed by atoms with van der Waals surface area (Å²) in [7, 11) is 1.47. The molecular formula is C14H14ClFN2O2. The van der Waals surface area contributed by atoms with Gasteiger partial charge in [0.2, 0.25) is 0 Å². The average Bonchev–Trinajstić information content (AvgIpc) is 2.72. The Bertz CT molecular complexity index is 721. The van der Waals surface area contributed by atoms with Crippen molar-refractivity contribution in [2.75, 3.05) is 7.11 Å². The molecule has 2 heterocycles. The van der Waals surface area contributed by atoms with Gasteiger partial charge in [0.25, 0.3) is 5.56 Å². The molecule has 1 aliphatic rings. The minimum absolute atomic E-state index is 0.218. The van der Waals surface area contributed by atoms with Crippen LogP contribution >= 0.6 is 11.6 Å². The van der Waals surface area contributed by atoms with Crippen molar-refractivity contribution in [3.05, 3.63) is 39.5 Å². The van der Waals surface area contributed by atoms with E-state index >= 15 is 0 Å². The first kappa shape index (κ1) is 13.2. The summed E-state index contributed by atoms with van der Waals surface area (Å²) in [5.41, 5.74) is 0.211. The van der Waals surface area contributed by atoms with Crippen LogP contribution in [0, 0.1) is 5.82 Å². The Hall–Kier alpha value is -1.75. The molecule has 1 aliphatic heterocycles. The van der Waals surface area contributed by atoms with Crippen molar-refractivity contribution in [2.45, 2.75) is 25.9 Å². The predicted octanol–water partition coefficient (Wildman–Crippen LogP) is 2.91. The zero-order valence-corrected chi connectivity index (χ0v) is 11.8. The molecule has 3 rings (SSSR count). The van der Waals surface area contributed by atoms with E-state index in [1.807, 2.05) is 0 Å². The molecule has 20 heavy (non-hydrogen) atoms. The molecule has 0 fully saturated rings. The number of aromatic nitrogens is 2. The first-order chi connectivity index (χ1) is 9.63. The molecule has 0 aliphatic carbocycles. The molecule has 1 aromatic carbocycles. The van der Waals surface area contributed by atoms with E-state index in [4.69, 9.17) is 16.3 Å². The highest BCUT2D eigenvalue weighted by molar-refractivity contribution is 6.32. The monoisotopic (exact) mass is 296 g/mol. The quantitative estimate of drug-likeness (QED) is 0.854. The van der Waals surface area contributed by atoms with Gasteiger partial charge in [-0.15, -0.1) is 0 Å². The van der Waals surface area contributed by atoms with Crippen LogP contribution in [0.3, 0.4) is 0 Å². The van der Waals surface area contributed by atoms with Crippen molar-refractivity contribution in [3.8, 4) is 16.9 Å². The smallest absolute Gasteiger partial charge is 0.276 e. The van der Waals surface area contributed by atoms with Crippen molar-refractivity contribution < 1.29 is 9.13 Å². The minimum atomic E-state index is -0.508. The van der Waals surface area contributed by atoms with Crippen LogP contribution in [0.25, 0.3) is 11.1 Å². The standard InChI is InChI=1S/C14H14ClFN2O2/c1-20-9-4-5-10(11(16)8-9)12-13(15)17-6-2-3-7-18(17)14(12)19/h4-5,8H,2-3,6-7H2,1H3. The number of hydrogen-bond donors (Lipinski definition) is 0. The van der Waals surface area contributed by atoms with E-state index in [1.165, 1.54) is 19.2 Å². The van der Waals surface area contributed by atoms with Gasteiger partial charge < -0.3 is 4.74 Å². The lowest BCUT2D eigenvalue weighted by atomic mass is 10.1. The Morgan fingerprint density at radius 3 is 2.55 bits per heavy atom. The highest BCUT2D eigenvalue weighted by atomic mass is 35.5. The van der Waals surface area contributed by atoms with Gasteiger partial charge in [0.1, 0.15) is 16.7 Å². The predicted molar refractivity (Wildman–Crippen MR) is 74.9 cm³/mol. The molecule has 0 bridgehead atoms. The Morgan fingerprint density at radius 2 is 1.95 bits per heavy atom. The molecule has 0 radical (unpaired) electrons. The molecule has 0 atom stereocenters. The lowest BCUT2D eigenvalue weighted by molar-refractivity contribution is 0.356. The fourth-order valence-corrected chi connectivity index (χ4v) is 2.94. The number of fused-ring (bicyclic) bond motifs is 1. The Labute approximate surface area is 120 Å². The summed E-state index contributed by atoms with van der Waals surface area (Å²) in [6.07, 6.45) is 1.91. The van der Waals surface area contributed by atoms with Crippen LogP contribution in [-0.2, 0) is 13.1 Å². The zero-order chi connectivity index (χ0) is 14.3. The number of benzene rings is 1.